The fourth-order valence-electron chi connectivity index (χ4n) is 2.67. The monoisotopic (exact) mass is 273 g/mol. The van der Waals surface area contributed by atoms with Gasteiger partial charge in [-0.15, -0.1) is 0 Å². The zero-order valence-electron chi connectivity index (χ0n) is 11.5. The van der Waals surface area contributed by atoms with Crippen LogP contribution in [0.5, 0.6) is 5.75 Å². The summed E-state index contributed by atoms with van der Waals surface area (Å²) in [5.74, 6) is 1.38. The Morgan fingerprint density at radius 3 is 2.80 bits per heavy atom. The smallest absolute Gasteiger partial charge is 0.223 e. The topological polar surface area (TPSA) is 67.3 Å². The lowest BCUT2D eigenvalue weighted by Crippen LogP contribution is -2.28. The fraction of sp³-hybridized carbons (Fsp3) is 0.467. The number of hydrogen-bond acceptors (Lipinski definition) is 5. The van der Waals surface area contributed by atoms with Gasteiger partial charge in [0.15, 0.2) is 0 Å². The summed E-state index contributed by atoms with van der Waals surface area (Å²) in [5, 5.41) is 13.8. The molecule has 0 amide bonds. The third-order valence-electron chi connectivity index (χ3n) is 3.82. The maximum Gasteiger partial charge on any atom is 0.223 e. The number of rotatable bonds is 3. The van der Waals surface area contributed by atoms with Crippen LogP contribution >= 0.6 is 0 Å². The van der Waals surface area contributed by atoms with Crippen LogP contribution in [0.1, 0.15) is 25.7 Å². The van der Waals surface area contributed by atoms with E-state index in [1.807, 2.05) is 24.4 Å². The van der Waals surface area contributed by atoms with E-state index in [-0.39, 0.29) is 6.10 Å². The molecule has 0 saturated heterocycles. The minimum atomic E-state index is -0.148. The van der Waals surface area contributed by atoms with Crippen LogP contribution in [0, 0.1) is 0 Å². The van der Waals surface area contributed by atoms with Crippen LogP contribution in [0.2, 0.25) is 0 Å². The number of anilines is 1. The Hall–Kier alpha value is -1.88. The van der Waals surface area contributed by atoms with Gasteiger partial charge < -0.3 is 15.2 Å². The number of nitrogens with one attached hydrogen (secondary N) is 1. The van der Waals surface area contributed by atoms with Gasteiger partial charge in [0.25, 0.3) is 0 Å². The Bertz CT molecular complexity index is 595. The third-order valence-corrected chi connectivity index (χ3v) is 3.82. The van der Waals surface area contributed by atoms with E-state index in [1.54, 1.807) is 7.11 Å². The summed E-state index contributed by atoms with van der Waals surface area (Å²) in [6.45, 7) is 0. The van der Waals surface area contributed by atoms with Crippen molar-refractivity contribution in [3.05, 3.63) is 24.4 Å². The quantitative estimate of drug-likeness (QED) is 0.898. The molecule has 0 spiro atoms. The van der Waals surface area contributed by atoms with E-state index >= 15 is 0 Å². The van der Waals surface area contributed by atoms with Gasteiger partial charge in [-0.2, -0.15) is 0 Å². The van der Waals surface area contributed by atoms with Crippen molar-refractivity contribution < 1.29 is 9.84 Å². The van der Waals surface area contributed by atoms with Crippen LogP contribution in [0.4, 0.5) is 5.95 Å². The fourth-order valence-corrected chi connectivity index (χ4v) is 2.67. The minimum absolute atomic E-state index is 0.148. The number of benzene rings is 1. The van der Waals surface area contributed by atoms with Crippen molar-refractivity contribution in [3.8, 4) is 5.75 Å². The summed E-state index contributed by atoms with van der Waals surface area (Å²) in [7, 11) is 1.65. The Balaban J connectivity index is 1.82. The molecule has 1 aliphatic carbocycles. The zero-order chi connectivity index (χ0) is 13.9. The molecule has 1 fully saturated rings. The van der Waals surface area contributed by atoms with Crippen molar-refractivity contribution in [2.45, 2.75) is 37.8 Å². The van der Waals surface area contributed by atoms with E-state index in [1.165, 1.54) is 0 Å². The summed E-state index contributed by atoms with van der Waals surface area (Å²) in [6.07, 6.45) is 5.25. The van der Waals surface area contributed by atoms with Gasteiger partial charge in [0.2, 0.25) is 5.95 Å². The van der Waals surface area contributed by atoms with Crippen LogP contribution in [0.25, 0.3) is 10.9 Å². The van der Waals surface area contributed by atoms with Crippen molar-refractivity contribution in [3.63, 3.8) is 0 Å². The average Bonchev–Trinajstić information content (AvgIpc) is 2.49. The summed E-state index contributed by atoms with van der Waals surface area (Å²) in [5.41, 5.74) is 0.823. The molecule has 1 heterocycles. The maximum atomic E-state index is 9.53. The molecule has 1 aliphatic rings. The zero-order valence-corrected chi connectivity index (χ0v) is 11.5. The molecule has 2 N–H and O–H groups in total. The lowest BCUT2D eigenvalue weighted by Gasteiger charge is -2.26. The maximum absolute atomic E-state index is 9.53. The number of aromatic nitrogens is 2. The molecule has 106 valence electrons. The molecule has 5 heteroatoms. The van der Waals surface area contributed by atoms with Crippen molar-refractivity contribution in [1.29, 1.82) is 0 Å². The second kappa shape index (κ2) is 5.63. The van der Waals surface area contributed by atoms with Gasteiger partial charge >= 0.3 is 0 Å². The molecule has 0 unspecified atom stereocenters. The number of methoxy groups -OCH3 is 1. The predicted octanol–water partition coefficient (Wildman–Crippen LogP) is 2.35. The van der Waals surface area contributed by atoms with Crippen LogP contribution < -0.4 is 10.1 Å². The Morgan fingerprint density at radius 2 is 2.05 bits per heavy atom. The van der Waals surface area contributed by atoms with E-state index in [9.17, 15) is 5.11 Å². The molecule has 0 atom stereocenters. The van der Waals surface area contributed by atoms with Crippen LogP contribution in [-0.2, 0) is 0 Å². The first-order chi connectivity index (χ1) is 9.76. The molecule has 1 saturated carbocycles. The van der Waals surface area contributed by atoms with Crippen molar-refractivity contribution >= 4 is 16.9 Å². The van der Waals surface area contributed by atoms with E-state index in [0.717, 1.165) is 42.3 Å². The first-order valence-electron chi connectivity index (χ1n) is 7.00. The lowest BCUT2D eigenvalue weighted by atomic mass is 9.93. The number of aliphatic hydroxyl groups is 1. The highest BCUT2D eigenvalue weighted by Gasteiger charge is 2.20. The number of nitrogens with zero attached hydrogens (tertiary/aromatic N) is 2. The second-order valence-corrected chi connectivity index (χ2v) is 5.24. The molecule has 1 aromatic carbocycles. The van der Waals surface area contributed by atoms with Gasteiger partial charge in [0.05, 0.1) is 13.2 Å². The molecule has 1 aromatic heterocycles. The Kier molecular flexibility index (Phi) is 3.69. The largest absolute Gasteiger partial charge is 0.494 e. The second-order valence-electron chi connectivity index (χ2n) is 5.24. The standard InChI is InChI=1S/C15H19N3O2/c1-20-13-4-2-3-10-9-16-15(18-14(10)13)17-11-5-7-12(19)8-6-11/h2-4,9,11-12,19H,5-8H2,1H3,(H,16,17,18)/t11-,12-. The van der Waals surface area contributed by atoms with Gasteiger partial charge in [0, 0.05) is 17.6 Å². The van der Waals surface area contributed by atoms with Crippen LogP contribution in [-0.4, -0.2) is 34.3 Å². The van der Waals surface area contributed by atoms with Gasteiger partial charge in [0.1, 0.15) is 11.3 Å². The molecular weight excluding hydrogens is 254 g/mol. The van der Waals surface area contributed by atoms with E-state index in [4.69, 9.17) is 4.74 Å². The Labute approximate surface area is 118 Å². The summed E-state index contributed by atoms with van der Waals surface area (Å²) in [4.78, 5) is 8.90. The molecular formula is C15H19N3O2. The van der Waals surface area contributed by atoms with Gasteiger partial charge in [-0.25, -0.2) is 9.97 Å². The lowest BCUT2D eigenvalue weighted by molar-refractivity contribution is 0.126. The Morgan fingerprint density at radius 1 is 1.25 bits per heavy atom. The van der Waals surface area contributed by atoms with Gasteiger partial charge in [-0.3, -0.25) is 0 Å². The van der Waals surface area contributed by atoms with Crippen molar-refractivity contribution in [2.24, 2.45) is 0 Å². The summed E-state index contributed by atoms with van der Waals surface area (Å²) < 4.78 is 5.34. The van der Waals surface area contributed by atoms with Gasteiger partial charge in [-0.05, 0) is 31.7 Å². The highest BCUT2D eigenvalue weighted by Crippen LogP contribution is 2.25. The number of fused-ring (bicyclic) bond motifs is 1. The van der Waals surface area contributed by atoms with E-state index in [0.29, 0.717) is 12.0 Å². The van der Waals surface area contributed by atoms with Gasteiger partial charge in [-0.1, -0.05) is 12.1 Å². The molecule has 0 bridgehead atoms. The summed E-state index contributed by atoms with van der Waals surface area (Å²) >= 11 is 0. The SMILES string of the molecule is COc1cccc2cnc(N[C@H]3CC[C@H](O)CC3)nc12. The van der Waals surface area contributed by atoms with E-state index < -0.39 is 0 Å². The minimum Gasteiger partial charge on any atom is -0.494 e. The highest BCUT2D eigenvalue weighted by atomic mass is 16.5. The van der Waals surface area contributed by atoms with Crippen LogP contribution in [0.15, 0.2) is 24.4 Å². The highest BCUT2D eigenvalue weighted by molar-refractivity contribution is 5.84. The normalized spacial score (nSPS) is 22.7. The van der Waals surface area contributed by atoms with E-state index in [2.05, 4.69) is 15.3 Å². The number of hydrogen-bond donors (Lipinski definition) is 2. The molecule has 2 aromatic rings. The summed E-state index contributed by atoms with van der Waals surface area (Å²) in [6, 6.07) is 6.14. The molecule has 0 radical (unpaired) electrons. The molecule has 0 aliphatic heterocycles. The molecule has 5 nitrogen and oxygen atoms in total. The average molecular weight is 273 g/mol. The van der Waals surface area contributed by atoms with Crippen LogP contribution in [0.3, 0.4) is 0 Å². The predicted molar refractivity (Wildman–Crippen MR) is 78.0 cm³/mol. The number of aliphatic hydroxyl groups excluding tert-OH is 1. The first kappa shape index (κ1) is 13.1. The first-order valence-corrected chi connectivity index (χ1v) is 7.00. The molecule has 20 heavy (non-hydrogen) atoms. The third kappa shape index (κ3) is 2.67. The number of para-hydroxylation sites is 1. The molecule has 3 rings (SSSR count). The number of ether oxygens (including phenoxy) is 1. The van der Waals surface area contributed by atoms with Crippen molar-refractivity contribution in [2.75, 3.05) is 12.4 Å². The van der Waals surface area contributed by atoms with Crippen molar-refractivity contribution in [1.82, 2.24) is 9.97 Å².